The second-order valence-electron chi connectivity index (χ2n) is 4.91. The Hall–Kier alpha value is -2.23. The molecule has 1 aromatic heterocycles. The molecule has 4 heteroatoms. The average molecular weight is 253 g/mol. The minimum absolute atomic E-state index is 0.141. The largest absolute Gasteiger partial charge is 0.315 e. The van der Waals surface area contributed by atoms with Crippen molar-refractivity contribution >= 4 is 11.6 Å². The van der Waals surface area contributed by atoms with Gasteiger partial charge in [0, 0.05) is 24.0 Å². The monoisotopic (exact) mass is 253 g/mol. The van der Waals surface area contributed by atoms with Crippen molar-refractivity contribution < 1.29 is 4.79 Å². The summed E-state index contributed by atoms with van der Waals surface area (Å²) in [5, 5.41) is 0. The first-order valence-corrected chi connectivity index (χ1v) is 6.27. The van der Waals surface area contributed by atoms with Crippen molar-refractivity contribution in [3.8, 4) is 11.3 Å². The lowest BCUT2D eigenvalue weighted by Crippen LogP contribution is -2.20. The maximum Gasteiger partial charge on any atom is 0.231 e. The Morgan fingerprint density at radius 3 is 2.68 bits per heavy atom. The highest BCUT2D eigenvalue weighted by Crippen LogP contribution is 2.31. The average Bonchev–Trinajstić information content (AvgIpc) is 2.63. The second-order valence-corrected chi connectivity index (χ2v) is 4.91. The molecule has 1 amide bonds. The second kappa shape index (κ2) is 4.16. The zero-order chi connectivity index (χ0) is 13.6. The first-order valence-electron chi connectivity index (χ1n) is 6.27. The molecule has 1 aromatic carbocycles. The number of nitrogens with zero attached hydrogens (tertiary/aromatic N) is 3. The molecule has 3 rings (SSSR count). The van der Waals surface area contributed by atoms with Crippen LogP contribution in [0.3, 0.4) is 0 Å². The van der Waals surface area contributed by atoms with Crippen LogP contribution >= 0.6 is 0 Å². The molecule has 0 radical (unpaired) electrons. The van der Waals surface area contributed by atoms with E-state index in [2.05, 4.69) is 16.0 Å². The lowest BCUT2D eigenvalue weighted by molar-refractivity contribution is -0.117. The van der Waals surface area contributed by atoms with E-state index in [-0.39, 0.29) is 5.91 Å². The number of rotatable bonds is 1. The molecular formula is C15H15N3O. The first-order chi connectivity index (χ1) is 9.04. The summed E-state index contributed by atoms with van der Waals surface area (Å²) >= 11 is 0. The number of carbonyl (C=O) groups excluding carboxylic acids is 1. The normalized spacial score (nSPS) is 13.8. The van der Waals surface area contributed by atoms with Gasteiger partial charge in [0.25, 0.3) is 0 Å². The Labute approximate surface area is 112 Å². The molecule has 96 valence electrons. The van der Waals surface area contributed by atoms with Crippen LogP contribution in [0, 0.1) is 13.8 Å². The van der Waals surface area contributed by atoms with Crippen LogP contribution in [0.25, 0.3) is 11.3 Å². The van der Waals surface area contributed by atoms with Crippen LogP contribution in [-0.2, 0) is 11.2 Å². The Bertz CT molecular complexity index is 659. The molecule has 1 aliphatic rings. The summed E-state index contributed by atoms with van der Waals surface area (Å²) in [6.45, 7) is 3.85. The van der Waals surface area contributed by atoms with Crippen LogP contribution in [0.1, 0.15) is 17.1 Å². The number of aromatic nitrogens is 2. The molecule has 1 aliphatic heterocycles. The van der Waals surface area contributed by atoms with E-state index in [9.17, 15) is 4.79 Å². The summed E-state index contributed by atoms with van der Waals surface area (Å²) in [7, 11) is 1.81. The number of carbonyl (C=O) groups is 1. The number of fused-ring (bicyclic) bond motifs is 1. The topological polar surface area (TPSA) is 46.1 Å². The molecule has 0 unspecified atom stereocenters. The highest BCUT2D eigenvalue weighted by atomic mass is 16.2. The highest BCUT2D eigenvalue weighted by molar-refractivity contribution is 6.01. The predicted octanol–water partition coefficient (Wildman–Crippen LogP) is 2.28. The number of amides is 1. The van der Waals surface area contributed by atoms with Crippen molar-refractivity contribution in [3.05, 3.63) is 41.3 Å². The van der Waals surface area contributed by atoms with E-state index in [1.807, 2.05) is 39.1 Å². The van der Waals surface area contributed by atoms with Gasteiger partial charge in [-0.05, 0) is 37.6 Å². The smallest absolute Gasteiger partial charge is 0.231 e. The maximum absolute atomic E-state index is 11.7. The fourth-order valence-corrected chi connectivity index (χ4v) is 2.49. The van der Waals surface area contributed by atoms with Crippen molar-refractivity contribution in [2.24, 2.45) is 0 Å². The van der Waals surface area contributed by atoms with Gasteiger partial charge in [-0.15, -0.1) is 0 Å². The molecule has 0 atom stereocenters. The van der Waals surface area contributed by atoms with E-state index in [1.54, 1.807) is 4.90 Å². The first kappa shape index (κ1) is 11.8. The summed E-state index contributed by atoms with van der Waals surface area (Å²) in [5.74, 6) is 0.908. The molecule has 2 aromatic rings. The number of hydrogen-bond donors (Lipinski definition) is 0. The van der Waals surface area contributed by atoms with Crippen molar-refractivity contribution in [1.29, 1.82) is 0 Å². The van der Waals surface area contributed by atoms with Crippen molar-refractivity contribution in [1.82, 2.24) is 9.97 Å². The molecule has 0 N–H and O–H groups in total. The summed E-state index contributed by atoms with van der Waals surface area (Å²) in [5.41, 5.74) is 4.97. The van der Waals surface area contributed by atoms with Gasteiger partial charge in [-0.25, -0.2) is 9.97 Å². The van der Waals surface area contributed by atoms with Crippen molar-refractivity contribution in [3.63, 3.8) is 0 Å². The molecule has 0 spiro atoms. The summed E-state index contributed by atoms with van der Waals surface area (Å²) in [4.78, 5) is 22.1. The van der Waals surface area contributed by atoms with E-state index in [1.165, 1.54) is 0 Å². The summed E-state index contributed by atoms with van der Waals surface area (Å²) < 4.78 is 0. The molecule has 19 heavy (non-hydrogen) atoms. The van der Waals surface area contributed by atoms with E-state index < -0.39 is 0 Å². The van der Waals surface area contributed by atoms with Gasteiger partial charge in [0.05, 0.1) is 12.1 Å². The van der Waals surface area contributed by atoms with Crippen molar-refractivity contribution in [2.45, 2.75) is 20.3 Å². The third-order valence-corrected chi connectivity index (χ3v) is 3.42. The van der Waals surface area contributed by atoms with Crippen LogP contribution in [0.15, 0.2) is 24.3 Å². The Morgan fingerprint density at radius 1 is 1.16 bits per heavy atom. The quantitative estimate of drug-likeness (QED) is 0.783. The predicted molar refractivity (Wildman–Crippen MR) is 74.1 cm³/mol. The number of hydrogen-bond acceptors (Lipinski definition) is 3. The summed E-state index contributed by atoms with van der Waals surface area (Å²) in [6.07, 6.45) is 0.475. The zero-order valence-electron chi connectivity index (χ0n) is 11.3. The van der Waals surface area contributed by atoms with Crippen molar-refractivity contribution in [2.75, 3.05) is 11.9 Å². The Balaban J connectivity index is 2.08. The number of benzene rings is 1. The third-order valence-electron chi connectivity index (χ3n) is 3.42. The molecule has 4 nitrogen and oxygen atoms in total. The lowest BCUT2D eigenvalue weighted by Gasteiger charge is -2.10. The van der Waals surface area contributed by atoms with Gasteiger partial charge < -0.3 is 4.90 Å². The molecule has 0 saturated heterocycles. The highest BCUT2D eigenvalue weighted by Gasteiger charge is 2.24. The van der Waals surface area contributed by atoms with Crippen LogP contribution in [0.2, 0.25) is 0 Å². The van der Waals surface area contributed by atoms with E-state index in [0.717, 1.165) is 34.0 Å². The van der Waals surface area contributed by atoms with Crippen LogP contribution < -0.4 is 4.90 Å². The SMILES string of the molecule is Cc1cc(-c2ccc3c(c2)CC(=O)N3C)nc(C)n1. The van der Waals surface area contributed by atoms with Gasteiger partial charge in [0.15, 0.2) is 0 Å². The fraction of sp³-hybridized carbons (Fsp3) is 0.267. The van der Waals surface area contributed by atoms with Gasteiger partial charge in [0.2, 0.25) is 5.91 Å². The van der Waals surface area contributed by atoms with Crippen LogP contribution in [0.5, 0.6) is 0 Å². The van der Waals surface area contributed by atoms with E-state index >= 15 is 0 Å². The van der Waals surface area contributed by atoms with Gasteiger partial charge in [-0.3, -0.25) is 4.79 Å². The molecule has 0 fully saturated rings. The zero-order valence-corrected chi connectivity index (χ0v) is 11.3. The van der Waals surface area contributed by atoms with E-state index in [4.69, 9.17) is 0 Å². The molecule has 0 aliphatic carbocycles. The molecule has 0 bridgehead atoms. The molecular weight excluding hydrogens is 238 g/mol. The minimum atomic E-state index is 0.141. The lowest BCUT2D eigenvalue weighted by atomic mass is 10.1. The number of anilines is 1. The van der Waals surface area contributed by atoms with Gasteiger partial charge >= 0.3 is 0 Å². The Morgan fingerprint density at radius 2 is 1.95 bits per heavy atom. The fourth-order valence-electron chi connectivity index (χ4n) is 2.49. The third kappa shape index (κ3) is 1.99. The van der Waals surface area contributed by atoms with E-state index in [0.29, 0.717) is 6.42 Å². The van der Waals surface area contributed by atoms with Gasteiger partial charge in [-0.1, -0.05) is 6.07 Å². The summed E-state index contributed by atoms with van der Waals surface area (Å²) in [6, 6.07) is 8.02. The molecule has 0 saturated carbocycles. The molecule has 2 heterocycles. The Kier molecular flexibility index (Phi) is 2.59. The van der Waals surface area contributed by atoms with Crippen LogP contribution in [-0.4, -0.2) is 22.9 Å². The van der Waals surface area contributed by atoms with Gasteiger partial charge in [0.1, 0.15) is 5.82 Å². The number of likely N-dealkylation sites (N-methyl/N-ethyl adjacent to an activating group) is 1. The standard InChI is InChI=1S/C15H15N3O/c1-9-6-13(17-10(2)16-9)11-4-5-14-12(7-11)8-15(19)18(14)3/h4-7H,8H2,1-3H3. The maximum atomic E-state index is 11.7. The van der Waals surface area contributed by atoms with Crippen LogP contribution in [0.4, 0.5) is 5.69 Å². The minimum Gasteiger partial charge on any atom is -0.315 e. The van der Waals surface area contributed by atoms with Gasteiger partial charge in [-0.2, -0.15) is 0 Å². The number of aryl methyl sites for hydroxylation is 2.